The summed E-state index contributed by atoms with van der Waals surface area (Å²) < 4.78 is 5.33. The molecule has 2 rings (SSSR count). The Morgan fingerprint density at radius 3 is 3.14 bits per heavy atom. The van der Waals surface area contributed by atoms with Gasteiger partial charge in [0.1, 0.15) is 18.0 Å². The Balaban J connectivity index is 2.39. The molecule has 1 aromatic carbocycles. The molecular formula is C9H11N3O2. The molecule has 1 aliphatic rings. The van der Waals surface area contributed by atoms with Gasteiger partial charge in [-0.25, -0.2) is 4.99 Å². The highest BCUT2D eigenvalue weighted by molar-refractivity contribution is 5.87. The van der Waals surface area contributed by atoms with E-state index in [-0.39, 0.29) is 6.61 Å². The Labute approximate surface area is 81.2 Å². The Hall–Kier alpha value is -1.59. The topological polar surface area (TPSA) is 79.9 Å². The Morgan fingerprint density at radius 2 is 2.43 bits per heavy atom. The minimum Gasteiger partial charge on any atom is -0.483 e. The summed E-state index contributed by atoms with van der Waals surface area (Å²) in [5, 5.41) is 8.66. The van der Waals surface area contributed by atoms with Crippen molar-refractivity contribution in [3.05, 3.63) is 23.8 Å². The Bertz CT molecular complexity index is 376. The van der Waals surface area contributed by atoms with E-state index in [4.69, 9.17) is 15.7 Å². The highest BCUT2D eigenvalue weighted by atomic mass is 16.5. The molecule has 0 saturated carbocycles. The zero-order valence-corrected chi connectivity index (χ0v) is 7.53. The third kappa shape index (κ3) is 1.55. The predicted molar refractivity (Wildman–Crippen MR) is 51.8 cm³/mol. The quantitative estimate of drug-likeness (QED) is 0.569. The summed E-state index contributed by atoms with van der Waals surface area (Å²) in [5.74, 6) is 1.10. The average Bonchev–Trinajstić information content (AvgIpc) is 2.27. The number of nitrogens with two attached hydrogens (primary N) is 1. The van der Waals surface area contributed by atoms with Crippen LogP contribution < -0.4 is 16.0 Å². The fourth-order valence-corrected chi connectivity index (χ4v) is 1.28. The molecule has 1 heterocycles. The van der Waals surface area contributed by atoms with Crippen molar-refractivity contribution in [1.82, 2.24) is 5.48 Å². The van der Waals surface area contributed by atoms with Gasteiger partial charge in [0.25, 0.3) is 0 Å². The second-order valence-corrected chi connectivity index (χ2v) is 2.97. The van der Waals surface area contributed by atoms with Crippen molar-refractivity contribution in [2.75, 3.05) is 6.61 Å². The molecule has 0 amide bonds. The van der Waals surface area contributed by atoms with Gasteiger partial charge in [0.15, 0.2) is 5.84 Å². The highest BCUT2D eigenvalue weighted by Crippen LogP contribution is 2.30. The number of rotatable bonds is 1. The number of amidine groups is 1. The van der Waals surface area contributed by atoms with E-state index in [1.165, 1.54) is 0 Å². The van der Waals surface area contributed by atoms with Crippen LogP contribution in [0, 0.1) is 0 Å². The van der Waals surface area contributed by atoms with Gasteiger partial charge in [0, 0.05) is 6.54 Å². The van der Waals surface area contributed by atoms with Gasteiger partial charge in [-0.1, -0.05) is 6.07 Å². The van der Waals surface area contributed by atoms with Crippen molar-refractivity contribution in [1.29, 1.82) is 0 Å². The molecule has 0 unspecified atom stereocenters. The van der Waals surface area contributed by atoms with Gasteiger partial charge in [-0.05, 0) is 17.7 Å². The maximum absolute atomic E-state index is 8.66. The molecule has 14 heavy (non-hydrogen) atoms. The fourth-order valence-electron chi connectivity index (χ4n) is 1.28. The lowest BCUT2D eigenvalue weighted by Crippen LogP contribution is -2.27. The van der Waals surface area contributed by atoms with Gasteiger partial charge in [0.05, 0.1) is 0 Å². The van der Waals surface area contributed by atoms with Crippen molar-refractivity contribution in [2.24, 2.45) is 10.7 Å². The molecule has 0 bridgehead atoms. The normalized spacial score (nSPS) is 14.0. The van der Waals surface area contributed by atoms with Gasteiger partial charge < -0.3 is 10.5 Å². The zero-order chi connectivity index (χ0) is 9.97. The van der Waals surface area contributed by atoms with Crippen LogP contribution in [0.1, 0.15) is 5.56 Å². The molecule has 1 aromatic rings. The molecule has 0 saturated heterocycles. The van der Waals surface area contributed by atoms with Crippen LogP contribution in [-0.2, 0) is 6.54 Å². The maximum Gasteiger partial charge on any atom is 0.164 e. The van der Waals surface area contributed by atoms with Crippen LogP contribution >= 0.6 is 0 Å². The second kappa shape index (κ2) is 3.65. The third-order valence-corrected chi connectivity index (χ3v) is 2.01. The first-order valence-corrected chi connectivity index (χ1v) is 4.27. The minimum absolute atomic E-state index is 0.255. The minimum atomic E-state index is 0.255. The summed E-state index contributed by atoms with van der Waals surface area (Å²) in [5.41, 5.74) is 9.14. The number of nitrogens with one attached hydrogen (secondary N) is 1. The molecule has 1 aliphatic heterocycles. The first-order valence-electron chi connectivity index (χ1n) is 4.27. The van der Waals surface area contributed by atoms with Crippen molar-refractivity contribution in [3.8, 4) is 5.75 Å². The first-order chi connectivity index (χ1) is 6.83. The number of ether oxygens (including phenoxy) is 1. The van der Waals surface area contributed by atoms with Crippen molar-refractivity contribution < 1.29 is 9.94 Å². The van der Waals surface area contributed by atoms with Gasteiger partial charge in [0.2, 0.25) is 0 Å². The summed E-state index contributed by atoms with van der Waals surface area (Å²) in [4.78, 5) is 4.15. The molecule has 0 aromatic heterocycles. The molecular weight excluding hydrogens is 182 g/mol. The Morgan fingerprint density at radius 1 is 1.57 bits per heavy atom. The van der Waals surface area contributed by atoms with E-state index in [0.717, 1.165) is 5.56 Å². The third-order valence-electron chi connectivity index (χ3n) is 2.01. The van der Waals surface area contributed by atoms with E-state index >= 15 is 0 Å². The lowest BCUT2D eigenvalue weighted by atomic mass is 10.2. The lowest BCUT2D eigenvalue weighted by molar-refractivity contribution is 0.222. The molecule has 0 spiro atoms. The summed E-state index contributed by atoms with van der Waals surface area (Å²) in [6.45, 7) is 0.718. The van der Waals surface area contributed by atoms with E-state index in [1.54, 1.807) is 0 Å². The summed E-state index contributed by atoms with van der Waals surface area (Å²) in [6, 6.07) is 5.56. The molecule has 5 heteroatoms. The SMILES string of the molecule is NCc1ccc2c(c1)N=C(NO)CO2. The molecule has 74 valence electrons. The van der Waals surface area contributed by atoms with Crippen LogP contribution in [-0.4, -0.2) is 17.6 Å². The standard InChI is InChI=1S/C9H11N3O2/c10-4-6-1-2-8-7(3-6)11-9(12-13)5-14-8/h1-3,13H,4-5,10H2,(H,11,12). The molecule has 0 radical (unpaired) electrons. The van der Waals surface area contributed by atoms with E-state index in [2.05, 4.69) is 4.99 Å². The van der Waals surface area contributed by atoms with E-state index in [9.17, 15) is 0 Å². The van der Waals surface area contributed by atoms with Crippen LogP contribution in [0.3, 0.4) is 0 Å². The number of benzene rings is 1. The maximum atomic E-state index is 8.66. The van der Waals surface area contributed by atoms with Crippen LogP contribution in [0.5, 0.6) is 5.75 Å². The van der Waals surface area contributed by atoms with Gasteiger partial charge in [-0.15, -0.1) is 0 Å². The van der Waals surface area contributed by atoms with Crippen LogP contribution in [0.25, 0.3) is 0 Å². The average molecular weight is 193 g/mol. The van der Waals surface area contributed by atoms with E-state index in [1.807, 2.05) is 23.7 Å². The van der Waals surface area contributed by atoms with Crippen LogP contribution in [0.2, 0.25) is 0 Å². The lowest BCUT2D eigenvalue weighted by Gasteiger charge is -2.16. The summed E-state index contributed by atoms with van der Waals surface area (Å²) in [7, 11) is 0. The monoisotopic (exact) mass is 193 g/mol. The fraction of sp³-hybridized carbons (Fsp3) is 0.222. The number of fused-ring (bicyclic) bond motifs is 1. The van der Waals surface area contributed by atoms with Crippen LogP contribution in [0.15, 0.2) is 23.2 Å². The number of aliphatic imine (C=N–C) groups is 1. The number of hydroxylamine groups is 1. The molecule has 0 aliphatic carbocycles. The largest absolute Gasteiger partial charge is 0.483 e. The van der Waals surface area contributed by atoms with Gasteiger partial charge in [-0.3, -0.25) is 10.7 Å². The van der Waals surface area contributed by atoms with Crippen molar-refractivity contribution in [2.45, 2.75) is 6.54 Å². The summed E-state index contributed by atoms with van der Waals surface area (Å²) >= 11 is 0. The smallest absolute Gasteiger partial charge is 0.164 e. The van der Waals surface area contributed by atoms with Gasteiger partial charge in [-0.2, -0.15) is 0 Å². The first kappa shape index (κ1) is 8.98. The van der Waals surface area contributed by atoms with E-state index in [0.29, 0.717) is 23.8 Å². The predicted octanol–water partition coefficient (Wildman–Crippen LogP) is 0.546. The number of nitrogens with zero attached hydrogens (tertiary/aromatic N) is 1. The molecule has 4 N–H and O–H groups in total. The van der Waals surface area contributed by atoms with Crippen molar-refractivity contribution >= 4 is 11.5 Å². The zero-order valence-electron chi connectivity index (χ0n) is 7.53. The molecule has 0 fully saturated rings. The summed E-state index contributed by atoms with van der Waals surface area (Å²) in [6.07, 6.45) is 0. The van der Waals surface area contributed by atoms with Crippen molar-refractivity contribution in [3.63, 3.8) is 0 Å². The van der Waals surface area contributed by atoms with Gasteiger partial charge >= 0.3 is 0 Å². The van der Waals surface area contributed by atoms with Crippen LogP contribution in [0.4, 0.5) is 5.69 Å². The molecule has 0 atom stereocenters. The second-order valence-electron chi connectivity index (χ2n) is 2.97. The van der Waals surface area contributed by atoms with E-state index < -0.39 is 0 Å². The number of hydrogen-bond acceptors (Lipinski definition) is 5. The molecule has 5 nitrogen and oxygen atoms in total. The Kier molecular flexibility index (Phi) is 2.34. The number of hydrogen-bond donors (Lipinski definition) is 3. The highest BCUT2D eigenvalue weighted by Gasteiger charge is 2.12.